The first-order valence-corrected chi connectivity index (χ1v) is 5.78. The summed E-state index contributed by atoms with van der Waals surface area (Å²) in [4.78, 5) is 0. The number of hydrogen-bond donors (Lipinski definition) is 1. The molecule has 1 rings (SSSR count). The normalized spacial score (nSPS) is 27.6. The Morgan fingerprint density at radius 2 is 2.43 bits per heavy atom. The van der Waals surface area contributed by atoms with Gasteiger partial charge in [0.2, 0.25) is 0 Å². The van der Waals surface area contributed by atoms with Gasteiger partial charge in [-0.1, -0.05) is 31.5 Å². The van der Waals surface area contributed by atoms with Gasteiger partial charge in [-0.05, 0) is 19.3 Å². The molecule has 0 radical (unpaired) electrons. The Morgan fingerprint density at radius 1 is 1.64 bits per heavy atom. The maximum absolute atomic E-state index is 5.71. The van der Waals surface area contributed by atoms with Crippen LogP contribution in [0.4, 0.5) is 0 Å². The van der Waals surface area contributed by atoms with E-state index in [0.717, 1.165) is 19.4 Å². The summed E-state index contributed by atoms with van der Waals surface area (Å²) >= 11 is 5.71. The fourth-order valence-electron chi connectivity index (χ4n) is 1.84. The molecule has 1 heterocycles. The summed E-state index contributed by atoms with van der Waals surface area (Å²) < 4.78 is 5.66. The standard InChI is InChI=1S/C11H20ClNO/c1-3-4-11-7-10(5-6-14-11)13-8-9(2)12/h10-11,13H,2-8H2,1H3. The zero-order valence-electron chi connectivity index (χ0n) is 8.89. The van der Waals surface area contributed by atoms with Crippen LogP contribution in [0.1, 0.15) is 32.6 Å². The first-order chi connectivity index (χ1) is 6.72. The predicted molar refractivity (Wildman–Crippen MR) is 60.7 cm³/mol. The number of rotatable bonds is 5. The quantitative estimate of drug-likeness (QED) is 0.765. The van der Waals surface area contributed by atoms with Crippen molar-refractivity contribution in [2.75, 3.05) is 13.2 Å². The molecule has 0 aliphatic carbocycles. The van der Waals surface area contributed by atoms with Crippen LogP contribution in [0.25, 0.3) is 0 Å². The molecule has 1 saturated heterocycles. The molecule has 0 bridgehead atoms. The molecular weight excluding hydrogens is 198 g/mol. The summed E-state index contributed by atoms with van der Waals surface area (Å²) in [7, 11) is 0. The predicted octanol–water partition coefficient (Wildman–Crippen LogP) is 2.68. The second-order valence-electron chi connectivity index (χ2n) is 3.90. The second-order valence-corrected chi connectivity index (χ2v) is 4.44. The lowest BCUT2D eigenvalue weighted by Crippen LogP contribution is -2.39. The lowest BCUT2D eigenvalue weighted by molar-refractivity contribution is -0.00259. The molecule has 1 aliphatic rings. The molecule has 1 N–H and O–H groups in total. The molecule has 0 amide bonds. The highest BCUT2D eigenvalue weighted by molar-refractivity contribution is 6.29. The van der Waals surface area contributed by atoms with E-state index in [-0.39, 0.29) is 0 Å². The van der Waals surface area contributed by atoms with Gasteiger partial charge in [0, 0.05) is 24.2 Å². The maximum atomic E-state index is 5.71. The fraction of sp³-hybridized carbons (Fsp3) is 0.818. The van der Waals surface area contributed by atoms with Crippen LogP contribution in [-0.2, 0) is 4.74 Å². The highest BCUT2D eigenvalue weighted by atomic mass is 35.5. The highest BCUT2D eigenvalue weighted by Gasteiger charge is 2.21. The minimum absolute atomic E-state index is 0.440. The van der Waals surface area contributed by atoms with Crippen LogP contribution in [0, 0.1) is 0 Å². The summed E-state index contributed by atoms with van der Waals surface area (Å²) in [6, 6.07) is 0.552. The van der Waals surface area contributed by atoms with Crippen LogP contribution in [0.15, 0.2) is 11.6 Å². The Labute approximate surface area is 91.7 Å². The van der Waals surface area contributed by atoms with E-state index in [0.29, 0.717) is 23.7 Å². The number of nitrogens with one attached hydrogen (secondary N) is 1. The molecular formula is C11H20ClNO. The first kappa shape index (κ1) is 12.0. The molecule has 2 unspecified atom stereocenters. The van der Waals surface area contributed by atoms with Gasteiger partial charge in [-0.2, -0.15) is 0 Å². The van der Waals surface area contributed by atoms with Crippen molar-refractivity contribution in [3.63, 3.8) is 0 Å². The van der Waals surface area contributed by atoms with Gasteiger partial charge >= 0.3 is 0 Å². The van der Waals surface area contributed by atoms with E-state index in [1.807, 2.05) is 0 Å². The highest BCUT2D eigenvalue weighted by Crippen LogP contribution is 2.17. The summed E-state index contributed by atoms with van der Waals surface area (Å²) in [6.07, 6.45) is 5.00. The van der Waals surface area contributed by atoms with Crippen LogP contribution < -0.4 is 5.32 Å². The van der Waals surface area contributed by atoms with E-state index in [1.165, 1.54) is 12.8 Å². The Kier molecular flexibility index (Phi) is 5.53. The minimum Gasteiger partial charge on any atom is -0.378 e. The Balaban J connectivity index is 2.21. The van der Waals surface area contributed by atoms with E-state index >= 15 is 0 Å². The van der Waals surface area contributed by atoms with Crippen molar-refractivity contribution in [1.29, 1.82) is 0 Å². The molecule has 0 aromatic carbocycles. The molecule has 0 aromatic rings. The van der Waals surface area contributed by atoms with Gasteiger partial charge in [-0.25, -0.2) is 0 Å². The van der Waals surface area contributed by atoms with Gasteiger partial charge in [0.05, 0.1) is 6.10 Å². The topological polar surface area (TPSA) is 21.3 Å². The lowest BCUT2D eigenvalue weighted by atomic mass is 10.0. The molecule has 2 atom stereocenters. The zero-order chi connectivity index (χ0) is 10.4. The SMILES string of the molecule is C=C(Cl)CNC1CCOC(CCC)C1. The van der Waals surface area contributed by atoms with Crippen LogP contribution in [0.3, 0.4) is 0 Å². The van der Waals surface area contributed by atoms with Gasteiger partial charge < -0.3 is 10.1 Å². The van der Waals surface area contributed by atoms with Gasteiger partial charge in [0.25, 0.3) is 0 Å². The molecule has 0 spiro atoms. The van der Waals surface area contributed by atoms with E-state index in [4.69, 9.17) is 16.3 Å². The number of hydrogen-bond acceptors (Lipinski definition) is 2. The third-order valence-electron chi connectivity index (χ3n) is 2.56. The lowest BCUT2D eigenvalue weighted by Gasteiger charge is -2.30. The van der Waals surface area contributed by atoms with E-state index in [2.05, 4.69) is 18.8 Å². The summed E-state index contributed by atoms with van der Waals surface area (Å²) in [6.45, 7) is 7.45. The average Bonchev–Trinajstić information content (AvgIpc) is 2.16. The van der Waals surface area contributed by atoms with Crippen molar-refractivity contribution in [2.45, 2.75) is 44.8 Å². The van der Waals surface area contributed by atoms with Crippen molar-refractivity contribution in [2.24, 2.45) is 0 Å². The Morgan fingerprint density at radius 3 is 3.07 bits per heavy atom. The average molecular weight is 218 g/mol. The van der Waals surface area contributed by atoms with Crippen molar-refractivity contribution in [3.05, 3.63) is 11.6 Å². The monoisotopic (exact) mass is 217 g/mol. The third-order valence-corrected chi connectivity index (χ3v) is 2.69. The van der Waals surface area contributed by atoms with Gasteiger partial charge in [0.1, 0.15) is 0 Å². The van der Waals surface area contributed by atoms with Crippen molar-refractivity contribution in [1.82, 2.24) is 5.32 Å². The molecule has 14 heavy (non-hydrogen) atoms. The summed E-state index contributed by atoms with van der Waals surface area (Å²) in [5.41, 5.74) is 0. The molecule has 1 fully saturated rings. The van der Waals surface area contributed by atoms with Crippen LogP contribution in [-0.4, -0.2) is 25.3 Å². The van der Waals surface area contributed by atoms with E-state index in [1.54, 1.807) is 0 Å². The minimum atomic E-state index is 0.440. The largest absolute Gasteiger partial charge is 0.378 e. The first-order valence-electron chi connectivity index (χ1n) is 5.40. The van der Waals surface area contributed by atoms with Crippen molar-refractivity contribution >= 4 is 11.6 Å². The molecule has 0 aromatic heterocycles. The maximum Gasteiger partial charge on any atom is 0.0589 e. The van der Waals surface area contributed by atoms with Gasteiger partial charge in [-0.3, -0.25) is 0 Å². The summed E-state index contributed by atoms with van der Waals surface area (Å²) in [5.74, 6) is 0. The Bertz CT molecular complexity index is 182. The number of halogens is 1. The van der Waals surface area contributed by atoms with Gasteiger partial charge in [0.15, 0.2) is 0 Å². The summed E-state index contributed by atoms with van der Waals surface area (Å²) in [5, 5.41) is 4.08. The van der Waals surface area contributed by atoms with Crippen LogP contribution >= 0.6 is 11.6 Å². The molecule has 2 nitrogen and oxygen atoms in total. The zero-order valence-corrected chi connectivity index (χ0v) is 9.65. The van der Waals surface area contributed by atoms with E-state index < -0.39 is 0 Å². The molecule has 82 valence electrons. The van der Waals surface area contributed by atoms with Gasteiger partial charge in [-0.15, -0.1) is 0 Å². The van der Waals surface area contributed by atoms with Crippen LogP contribution in [0.2, 0.25) is 0 Å². The smallest absolute Gasteiger partial charge is 0.0589 e. The van der Waals surface area contributed by atoms with E-state index in [9.17, 15) is 0 Å². The molecule has 3 heteroatoms. The molecule has 0 saturated carbocycles. The second kappa shape index (κ2) is 6.44. The Hall–Kier alpha value is -0.0500. The van der Waals surface area contributed by atoms with Crippen LogP contribution in [0.5, 0.6) is 0 Å². The molecule has 1 aliphatic heterocycles. The van der Waals surface area contributed by atoms with Crippen molar-refractivity contribution in [3.8, 4) is 0 Å². The fourth-order valence-corrected chi connectivity index (χ4v) is 1.92. The van der Waals surface area contributed by atoms with Crippen molar-refractivity contribution < 1.29 is 4.74 Å². The number of ether oxygens (including phenoxy) is 1. The third kappa shape index (κ3) is 4.45.